The molecule has 0 aromatic heterocycles. The van der Waals surface area contributed by atoms with Gasteiger partial charge in [0.15, 0.2) is 0 Å². The lowest BCUT2D eigenvalue weighted by Crippen LogP contribution is -2.56. The van der Waals surface area contributed by atoms with E-state index in [-0.39, 0.29) is 0 Å². The predicted molar refractivity (Wildman–Crippen MR) is 82.3 cm³/mol. The summed E-state index contributed by atoms with van der Waals surface area (Å²) < 4.78 is 0. The minimum absolute atomic E-state index is 0.639. The van der Waals surface area contributed by atoms with Crippen molar-refractivity contribution in [3.8, 4) is 0 Å². The largest absolute Gasteiger partial charge is 0.329 e. The maximum Gasteiger partial charge on any atom is 0.0218 e. The number of nitrogens with two attached hydrogens (primary N) is 1. The Morgan fingerprint density at radius 1 is 1.21 bits per heavy atom. The van der Waals surface area contributed by atoms with Crippen LogP contribution < -0.4 is 5.73 Å². The summed E-state index contributed by atoms with van der Waals surface area (Å²) >= 11 is 0. The van der Waals surface area contributed by atoms with Crippen molar-refractivity contribution in [3.63, 3.8) is 0 Å². The highest BCUT2D eigenvalue weighted by atomic mass is 15.2. The Morgan fingerprint density at radius 2 is 2.05 bits per heavy atom. The lowest BCUT2D eigenvalue weighted by Gasteiger charge is -2.48. The Morgan fingerprint density at radius 3 is 2.79 bits per heavy atom. The Kier molecular flexibility index (Phi) is 6.11. The number of fused-ring (bicyclic) bond motifs is 1. The van der Waals surface area contributed by atoms with Crippen LogP contribution in [0.4, 0.5) is 0 Å². The predicted octanol–water partition coefficient (Wildman–Crippen LogP) is 2.31. The van der Waals surface area contributed by atoms with Crippen LogP contribution in [0.15, 0.2) is 0 Å². The molecule has 0 radical (unpaired) electrons. The number of unbranched alkanes of at least 4 members (excludes halogenated alkanes) is 2. The molecule has 3 heteroatoms. The zero-order valence-corrected chi connectivity index (χ0v) is 13.0. The van der Waals surface area contributed by atoms with Gasteiger partial charge in [-0.2, -0.15) is 0 Å². The fourth-order valence-corrected chi connectivity index (χ4v) is 4.09. The molecule has 0 aliphatic carbocycles. The van der Waals surface area contributed by atoms with Gasteiger partial charge in [0.1, 0.15) is 0 Å². The molecule has 2 saturated heterocycles. The van der Waals surface area contributed by atoms with E-state index in [9.17, 15) is 0 Å². The number of hydrogen-bond donors (Lipinski definition) is 1. The Bertz CT molecular complexity index is 256. The first-order valence-electron chi connectivity index (χ1n) is 8.40. The van der Waals surface area contributed by atoms with Crippen LogP contribution in [0.1, 0.15) is 51.9 Å². The summed E-state index contributed by atoms with van der Waals surface area (Å²) in [5, 5.41) is 0. The molecule has 0 aromatic carbocycles. The first kappa shape index (κ1) is 15.3. The molecule has 0 aromatic rings. The Balaban J connectivity index is 1.84. The second-order valence-electron chi connectivity index (χ2n) is 6.62. The number of nitrogens with zero attached hydrogens (tertiary/aromatic N) is 2. The van der Waals surface area contributed by atoms with Crippen LogP contribution in [0.25, 0.3) is 0 Å². The minimum Gasteiger partial charge on any atom is -0.329 e. The van der Waals surface area contributed by atoms with Gasteiger partial charge < -0.3 is 10.6 Å². The molecule has 0 amide bonds. The zero-order valence-electron chi connectivity index (χ0n) is 13.0. The quantitative estimate of drug-likeness (QED) is 0.750. The van der Waals surface area contributed by atoms with Crippen molar-refractivity contribution in [2.45, 2.75) is 64.0 Å². The molecule has 112 valence electrons. The van der Waals surface area contributed by atoms with Crippen LogP contribution >= 0.6 is 0 Å². The van der Waals surface area contributed by atoms with Crippen molar-refractivity contribution in [3.05, 3.63) is 0 Å². The van der Waals surface area contributed by atoms with E-state index >= 15 is 0 Å². The van der Waals surface area contributed by atoms with Gasteiger partial charge in [0, 0.05) is 25.2 Å². The average Bonchev–Trinajstić information content (AvgIpc) is 2.44. The van der Waals surface area contributed by atoms with Crippen molar-refractivity contribution in [2.24, 2.45) is 11.7 Å². The standard InChI is InChI=1S/C16H33N3/c1-3-4-5-8-15(12-17)19-11-9-16-14(13-19)7-6-10-18(16)2/h14-16H,3-13,17H2,1-2H3. The molecule has 0 saturated carbocycles. The highest BCUT2D eigenvalue weighted by Gasteiger charge is 2.35. The van der Waals surface area contributed by atoms with Crippen LogP contribution in [0.5, 0.6) is 0 Å². The van der Waals surface area contributed by atoms with E-state index in [1.54, 1.807) is 0 Å². The van der Waals surface area contributed by atoms with Crippen molar-refractivity contribution in [1.82, 2.24) is 9.80 Å². The lowest BCUT2D eigenvalue weighted by atomic mass is 9.83. The summed E-state index contributed by atoms with van der Waals surface area (Å²) in [7, 11) is 2.31. The van der Waals surface area contributed by atoms with E-state index in [1.165, 1.54) is 64.6 Å². The molecule has 19 heavy (non-hydrogen) atoms. The van der Waals surface area contributed by atoms with Crippen molar-refractivity contribution in [1.29, 1.82) is 0 Å². The van der Waals surface area contributed by atoms with Gasteiger partial charge >= 0.3 is 0 Å². The Labute approximate surface area is 119 Å². The molecule has 3 atom stereocenters. The third-order valence-electron chi connectivity index (χ3n) is 5.31. The van der Waals surface area contributed by atoms with Gasteiger partial charge in [0.2, 0.25) is 0 Å². The lowest BCUT2D eigenvalue weighted by molar-refractivity contribution is 0.0195. The number of piperidine rings is 2. The molecule has 2 aliphatic heterocycles. The van der Waals surface area contributed by atoms with E-state index in [0.29, 0.717) is 6.04 Å². The molecular weight excluding hydrogens is 234 g/mol. The summed E-state index contributed by atoms with van der Waals surface area (Å²) in [5.74, 6) is 0.896. The van der Waals surface area contributed by atoms with Gasteiger partial charge in [0.05, 0.1) is 0 Å². The number of rotatable bonds is 6. The molecule has 3 nitrogen and oxygen atoms in total. The van der Waals surface area contributed by atoms with E-state index in [4.69, 9.17) is 5.73 Å². The highest BCUT2D eigenvalue weighted by molar-refractivity contribution is 4.91. The third kappa shape index (κ3) is 3.93. The van der Waals surface area contributed by atoms with Crippen molar-refractivity contribution in [2.75, 3.05) is 33.2 Å². The van der Waals surface area contributed by atoms with Crippen LogP contribution in [0, 0.1) is 5.92 Å². The normalized spacial score (nSPS) is 31.1. The maximum atomic E-state index is 6.03. The van der Waals surface area contributed by atoms with E-state index in [0.717, 1.165) is 18.5 Å². The van der Waals surface area contributed by atoms with E-state index in [2.05, 4.69) is 23.8 Å². The molecule has 2 fully saturated rings. The van der Waals surface area contributed by atoms with Crippen LogP contribution in [0.3, 0.4) is 0 Å². The SMILES string of the molecule is CCCCCC(CN)N1CCC2C(CCCN2C)C1. The van der Waals surface area contributed by atoms with Gasteiger partial charge in [-0.25, -0.2) is 0 Å². The summed E-state index contributed by atoms with van der Waals surface area (Å²) in [5.41, 5.74) is 6.03. The number of hydrogen-bond acceptors (Lipinski definition) is 3. The molecule has 2 rings (SSSR count). The molecule has 2 N–H and O–H groups in total. The van der Waals surface area contributed by atoms with Crippen LogP contribution in [-0.2, 0) is 0 Å². The molecule has 0 bridgehead atoms. The summed E-state index contributed by atoms with van der Waals surface area (Å²) in [6, 6.07) is 1.48. The summed E-state index contributed by atoms with van der Waals surface area (Å²) in [4.78, 5) is 5.30. The van der Waals surface area contributed by atoms with Crippen LogP contribution in [0.2, 0.25) is 0 Å². The van der Waals surface area contributed by atoms with Crippen molar-refractivity contribution >= 4 is 0 Å². The second-order valence-corrected chi connectivity index (χ2v) is 6.62. The Hall–Kier alpha value is -0.120. The van der Waals surface area contributed by atoms with Gasteiger partial charge in [-0.05, 0) is 51.7 Å². The second kappa shape index (κ2) is 7.61. The fourth-order valence-electron chi connectivity index (χ4n) is 4.09. The topological polar surface area (TPSA) is 32.5 Å². The zero-order chi connectivity index (χ0) is 13.7. The first-order chi connectivity index (χ1) is 9.26. The summed E-state index contributed by atoms with van der Waals surface area (Å²) in [6.07, 6.45) is 9.49. The number of likely N-dealkylation sites (tertiary alicyclic amines) is 2. The molecule has 2 heterocycles. The van der Waals surface area contributed by atoms with Gasteiger partial charge in [0.25, 0.3) is 0 Å². The van der Waals surface area contributed by atoms with E-state index < -0.39 is 0 Å². The monoisotopic (exact) mass is 267 g/mol. The molecule has 3 unspecified atom stereocenters. The highest BCUT2D eigenvalue weighted by Crippen LogP contribution is 2.30. The summed E-state index contributed by atoms with van der Waals surface area (Å²) in [6.45, 7) is 6.98. The van der Waals surface area contributed by atoms with Gasteiger partial charge in [-0.1, -0.05) is 26.2 Å². The van der Waals surface area contributed by atoms with Gasteiger partial charge in [-0.3, -0.25) is 4.90 Å². The van der Waals surface area contributed by atoms with Crippen molar-refractivity contribution < 1.29 is 0 Å². The molecule has 0 spiro atoms. The van der Waals surface area contributed by atoms with Gasteiger partial charge in [-0.15, -0.1) is 0 Å². The third-order valence-corrected chi connectivity index (χ3v) is 5.31. The maximum absolute atomic E-state index is 6.03. The molecular formula is C16H33N3. The molecule has 2 aliphatic rings. The minimum atomic E-state index is 0.639. The van der Waals surface area contributed by atoms with Crippen LogP contribution in [-0.4, -0.2) is 55.1 Å². The average molecular weight is 267 g/mol. The smallest absolute Gasteiger partial charge is 0.0218 e. The van der Waals surface area contributed by atoms with E-state index in [1.807, 2.05) is 0 Å². The first-order valence-corrected chi connectivity index (χ1v) is 8.40. The fraction of sp³-hybridized carbons (Fsp3) is 1.00.